The molecular formula is C22H14BrClN2O. The maximum absolute atomic E-state index is 13.2. The van der Waals surface area contributed by atoms with Crippen molar-refractivity contribution in [3.8, 4) is 5.69 Å². The van der Waals surface area contributed by atoms with E-state index in [-0.39, 0.29) is 5.56 Å². The Morgan fingerprint density at radius 1 is 0.889 bits per heavy atom. The van der Waals surface area contributed by atoms with Crippen molar-refractivity contribution in [1.29, 1.82) is 0 Å². The number of aromatic nitrogens is 2. The second-order valence-electron chi connectivity index (χ2n) is 5.96. The third-order valence-corrected chi connectivity index (χ3v) is 5.08. The van der Waals surface area contributed by atoms with Crippen LogP contribution in [0.5, 0.6) is 0 Å². The van der Waals surface area contributed by atoms with Gasteiger partial charge in [0.1, 0.15) is 5.82 Å². The summed E-state index contributed by atoms with van der Waals surface area (Å²) in [6.07, 6.45) is 3.69. The highest BCUT2D eigenvalue weighted by Gasteiger charge is 2.11. The van der Waals surface area contributed by atoms with Crippen LogP contribution in [0.2, 0.25) is 5.02 Å². The van der Waals surface area contributed by atoms with Crippen LogP contribution >= 0.6 is 27.5 Å². The minimum absolute atomic E-state index is 0.110. The SMILES string of the molecule is O=c1c2ccccc2nc(/C=C/c2ccccc2Cl)n1-c1ccc(Br)cc1. The third kappa shape index (κ3) is 3.59. The molecule has 1 aromatic heterocycles. The van der Waals surface area contributed by atoms with Gasteiger partial charge in [0.25, 0.3) is 5.56 Å². The van der Waals surface area contributed by atoms with E-state index in [1.54, 1.807) is 10.6 Å². The molecule has 0 saturated heterocycles. The molecule has 3 aromatic carbocycles. The zero-order valence-electron chi connectivity index (χ0n) is 14.1. The Morgan fingerprint density at radius 2 is 1.59 bits per heavy atom. The van der Waals surface area contributed by atoms with Crippen LogP contribution < -0.4 is 5.56 Å². The van der Waals surface area contributed by atoms with Gasteiger partial charge in [-0.15, -0.1) is 0 Å². The Kier molecular flexibility index (Phi) is 4.92. The van der Waals surface area contributed by atoms with Gasteiger partial charge in [-0.05, 0) is 60.2 Å². The van der Waals surface area contributed by atoms with E-state index in [1.165, 1.54) is 0 Å². The van der Waals surface area contributed by atoms with E-state index in [4.69, 9.17) is 16.6 Å². The molecule has 4 rings (SSSR count). The summed E-state index contributed by atoms with van der Waals surface area (Å²) in [5.74, 6) is 0.543. The van der Waals surface area contributed by atoms with Gasteiger partial charge in [-0.25, -0.2) is 4.98 Å². The average Bonchev–Trinajstić information content (AvgIpc) is 2.69. The van der Waals surface area contributed by atoms with Gasteiger partial charge in [0.2, 0.25) is 0 Å². The Morgan fingerprint density at radius 3 is 2.37 bits per heavy atom. The molecule has 0 amide bonds. The van der Waals surface area contributed by atoms with Crippen molar-refractivity contribution in [3.05, 3.63) is 104 Å². The molecule has 0 aliphatic heterocycles. The molecule has 0 fully saturated rings. The van der Waals surface area contributed by atoms with Crippen molar-refractivity contribution in [2.75, 3.05) is 0 Å². The van der Waals surface area contributed by atoms with E-state index in [0.717, 1.165) is 15.7 Å². The molecule has 0 bridgehead atoms. The van der Waals surface area contributed by atoms with Gasteiger partial charge in [0.15, 0.2) is 0 Å². The summed E-state index contributed by atoms with van der Waals surface area (Å²) in [6, 6.07) is 22.5. The Hall–Kier alpha value is -2.69. The number of fused-ring (bicyclic) bond motifs is 1. The number of benzene rings is 3. The standard InChI is InChI=1S/C22H14BrClN2O/c23-16-10-12-17(13-11-16)26-21(14-9-15-5-1-3-7-19(15)24)25-20-8-4-2-6-18(20)22(26)27/h1-14H/b14-9+. The van der Waals surface area contributed by atoms with Crippen LogP contribution in [-0.2, 0) is 0 Å². The summed E-state index contributed by atoms with van der Waals surface area (Å²) in [7, 11) is 0. The van der Waals surface area contributed by atoms with Crippen molar-refractivity contribution in [2.24, 2.45) is 0 Å². The highest BCUT2D eigenvalue weighted by Crippen LogP contribution is 2.20. The quantitative estimate of drug-likeness (QED) is 0.396. The van der Waals surface area contributed by atoms with E-state index in [1.807, 2.05) is 78.9 Å². The predicted molar refractivity (Wildman–Crippen MR) is 115 cm³/mol. The van der Waals surface area contributed by atoms with Crippen LogP contribution in [0.25, 0.3) is 28.7 Å². The molecule has 0 N–H and O–H groups in total. The normalized spacial score (nSPS) is 11.3. The lowest BCUT2D eigenvalue weighted by Gasteiger charge is -2.11. The highest BCUT2D eigenvalue weighted by molar-refractivity contribution is 9.10. The van der Waals surface area contributed by atoms with Crippen LogP contribution in [0.3, 0.4) is 0 Å². The minimum Gasteiger partial charge on any atom is -0.268 e. The lowest BCUT2D eigenvalue weighted by molar-refractivity contribution is 0.943. The van der Waals surface area contributed by atoms with Crippen LogP contribution in [0.1, 0.15) is 11.4 Å². The minimum atomic E-state index is -0.110. The summed E-state index contributed by atoms with van der Waals surface area (Å²) in [5.41, 5.74) is 2.17. The van der Waals surface area contributed by atoms with Gasteiger partial charge in [0.05, 0.1) is 16.6 Å². The van der Waals surface area contributed by atoms with Crippen LogP contribution in [0, 0.1) is 0 Å². The van der Waals surface area contributed by atoms with Crippen molar-refractivity contribution < 1.29 is 0 Å². The number of para-hydroxylation sites is 1. The Balaban J connectivity index is 1.95. The number of hydrogen-bond donors (Lipinski definition) is 0. The lowest BCUT2D eigenvalue weighted by Crippen LogP contribution is -2.22. The summed E-state index contributed by atoms with van der Waals surface area (Å²) in [4.78, 5) is 17.9. The number of rotatable bonds is 3. The third-order valence-electron chi connectivity index (χ3n) is 4.20. The maximum Gasteiger partial charge on any atom is 0.266 e. The van der Waals surface area contributed by atoms with Gasteiger partial charge >= 0.3 is 0 Å². The molecule has 1 heterocycles. The van der Waals surface area contributed by atoms with Crippen molar-refractivity contribution >= 4 is 50.6 Å². The van der Waals surface area contributed by atoms with E-state index >= 15 is 0 Å². The zero-order chi connectivity index (χ0) is 18.8. The van der Waals surface area contributed by atoms with E-state index in [9.17, 15) is 4.79 Å². The number of nitrogens with zero attached hydrogens (tertiary/aromatic N) is 2. The molecule has 0 aliphatic rings. The number of halogens is 2. The van der Waals surface area contributed by atoms with E-state index in [2.05, 4.69) is 15.9 Å². The van der Waals surface area contributed by atoms with E-state index in [0.29, 0.717) is 21.7 Å². The fourth-order valence-corrected chi connectivity index (χ4v) is 3.34. The molecular weight excluding hydrogens is 424 g/mol. The van der Waals surface area contributed by atoms with E-state index < -0.39 is 0 Å². The molecule has 27 heavy (non-hydrogen) atoms. The highest BCUT2D eigenvalue weighted by atomic mass is 79.9. The van der Waals surface area contributed by atoms with Gasteiger partial charge in [-0.3, -0.25) is 9.36 Å². The largest absolute Gasteiger partial charge is 0.268 e. The molecule has 0 atom stereocenters. The fourth-order valence-electron chi connectivity index (χ4n) is 2.88. The van der Waals surface area contributed by atoms with Crippen LogP contribution in [0.4, 0.5) is 0 Å². The number of hydrogen-bond acceptors (Lipinski definition) is 2. The van der Waals surface area contributed by atoms with Crippen molar-refractivity contribution in [1.82, 2.24) is 9.55 Å². The molecule has 132 valence electrons. The Labute approximate surface area is 169 Å². The molecule has 0 aliphatic carbocycles. The maximum atomic E-state index is 13.2. The first-order chi connectivity index (χ1) is 13.1. The lowest BCUT2D eigenvalue weighted by atomic mass is 10.2. The first kappa shape index (κ1) is 17.7. The summed E-state index contributed by atoms with van der Waals surface area (Å²) in [6.45, 7) is 0. The molecule has 0 saturated carbocycles. The second kappa shape index (κ2) is 7.51. The summed E-state index contributed by atoms with van der Waals surface area (Å²) < 4.78 is 2.56. The topological polar surface area (TPSA) is 34.9 Å². The molecule has 0 spiro atoms. The smallest absolute Gasteiger partial charge is 0.266 e. The summed E-state index contributed by atoms with van der Waals surface area (Å²) >= 11 is 9.68. The predicted octanol–water partition coefficient (Wildman–Crippen LogP) is 5.97. The average molecular weight is 438 g/mol. The fraction of sp³-hybridized carbons (Fsp3) is 0. The van der Waals surface area contributed by atoms with Gasteiger partial charge in [0, 0.05) is 9.50 Å². The van der Waals surface area contributed by atoms with Crippen LogP contribution in [-0.4, -0.2) is 9.55 Å². The summed E-state index contributed by atoms with van der Waals surface area (Å²) in [5, 5.41) is 1.22. The Bertz CT molecular complexity index is 1210. The molecule has 0 unspecified atom stereocenters. The zero-order valence-corrected chi connectivity index (χ0v) is 16.5. The molecule has 4 aromatic rings. The first-order valence-corrected chi connectivity index (χ1v) is 9.51. The van der Waals surface area contributed by atoms with Crippen LogP contribution in [0.15, 0.2) is 82.1 Å². The monoisotopic (exact) mass is 436 g/mol. The first-order valence-electron chi connectivity index (χ1n) is 8.34. The molecule has 5 heteroatoms. The second-order valence-corrected chi connectivity index (χ2v) is 7.28. The van der Waals surface area contributed by atoms with Gasteiger partial charge in [-0.2, -0.15) is 0 Å². The van der Waals surface area contributed by atoms with Gasteiger partial charge < -0.3 is 0 Å². The van der Waals surface area contributed by atoms with Gasteiger partial charge in [-0.1, -0.05) is 57.9 Å². The molecule has 3 nitrogen and oxygen atoms in total. The van der Waals surface area contributed by atoms with Crippen molar-refractivity contribution in [2.45, 2.75) is 0 Å². The van der Waals surface area contributed by atoms with Crippen molar-refractivity contribution in [3.63, 3.8) is 0 Å². The molecule has 0 radical (unpaired) electrons.